The highest BCUT2D eigenvalue weighted by Gasteiger charge is 2.34. The normalized spacial score (nSPS) is 19.0. The predicted molar refractivity (Wildman–Crippen MR) is 96.5 cm³/mol. The maximum Gasteiger partial charge on any atom is 0.292 e. The number of para-hydroxylation sites is 3. The summed E-state index contributed by atoms with van der Waals surface area (Å²) in [7, 11) is 0. The molecule has 2 aliphatic heterocycles. The van der Waals surface area contributed by atoms with E-state index in [1.54, 1.807) is 23.1 Å². The lowest BCUT2D eigenvalue weighted by Gasteiger charge is -2.36. The van der Waals surface area contributed by atoms with E-state index in [1.807, 2.05) is 29.2 Å². The van der Waals surface area contributed by atoms with Crippen molar-refractivity contribution in [2.45, 2.75) is 12.5 Å². The van der Waals surface area contributed by atoms with Crippen LogP contribution in [-0.2, 0) is 11.2 Å². The van der Waals surface area contributed by atoms with Gasteiger partial charge >= 0.3 is 0 Å². The Morgan fingerprint density at radius 1 is 1.04 bits per heavy atom. The van der Waals surface area contributed by atoms with Crippen molar-refractivity contribution >= 4 is 17.3 Å². The van der Waals surface area contributed by atoms with E-state index in [-0.39, 0.29) is 16.5 Å². The molecular weight excluding hydrogens is 334 g/mol. The molecule has 2 aromatic carbocycles. The minimum atomic E-state index is -0.468. The summed E-state index contributed by atoms with van der Waals surface area (Å²) in [4.78, 5) is 27.4. The van der Waals surface area contributed by atoms with Crippen LogP contribution < -0.4 is 9.64 Å². The zero-order valence-corrected chi connectivity index (χ0v) is 14.2. The Balaban J connectivity index is 1.40. The molecule has 0 aromatic heterocycles. The summed E-state index contributed by atoms with van der Waals surface area (Å²) in [5.74, 6) is 0.771. The highest BCUT2D eigenvalue weighted by Crippen LogP contribution is 2.30. The number of rotatable bonds is 3. The standard InChI is InChI=1S/C19H19N3O4/c23-19(18-13-14-5-1-4-8-17(14)26-18)21-11-9-20(10-12-21)15-6-2-3-7-16(15)22(24)25/h1-8,18H,9-13H2. The van der Waals surface area contributed by atoms with Crippen molar-refractivity contribution in [1.29, 1.82) is 0 Å². The zero-order chi connectivity index (χ0) is 18.1. The minimum absolute atomic E-state index is 0.0107. The number of ether oxygens (including phenoxy) is 1. The van der Waals surface area contributed by atoms with Gasteiger partial charge in [0.15, 0.2) is 6.10 Å². The lowest BCUT2D eigenvalue weighted by molar-refractivity contribution is -0.384. The van der Waals surface area contributed by atoms with Gasteiger partial charge in [0.2, 0.25) is 0 Å². The fourth-order valence-corrected chi connectivity index (χ4v) is 3.58. The molecule has 4 rings (SSSR count). The molecule has 1 saturated heterocycles. The number of piperazine rings is 1. The Bertz CT molecular complexity index is 821. The van der Waals surface area contributed by atoms with Gasteiger partial charge in [-0.05, 0) is 17.7 Å². The van der Waals surface area contributed by atoms with Crippen molar-refractivity contribution in [3.05, 3.63) is 64.2 Å². The summed E-state index contributed by atoms with van der Waals surface area (Å²) in [6, 6.07) is 14.4. The molecule has 1 fully saturated rings. The summed E-state index contributed by atoms with van der Waals surface area (Å²) in [5, 5.41) is 11.2. The van der Waals surface area contributed by atoms with E-state index in [2.05, 4.69) is 0 Å². The van der Waals surface area contributed by atoms with Crippen LogP contribution in [0.2, 0.25) is 0 Å². The number of hydrogen-bond donors (Lipinski definition) is 0. The first kappa shape index (κ1) is 16.4. The van der Waals surface area contributed by atoms with Crippen LogP contribution in [0.25, 0.3) is 0 Å². The van der Waals surface area contributed by atoms with E-state index < -0.39 is 6.10 Å². The fourth-order valence-electron chi connectivity index (χ4n) is 3.58. The number of amides is 1. The minimum Gasteiger partial charge on any atom is -0.480 e. The molecule has 26 heavy (non-hydrogen) atoms. The van der Waals surface area contributed by atoms with Crippen molar-refractivity contribution in [2.75, 3.05) is 31.1 Å². The first-order chi connectivity index (χ1) is 12.6. The zero-order valence-electron chi connectivity index (χ0n) is 14.2. The molecule has 7 heteroatoms. The van der Waals surface area contributed by atoms with Gasteiger partial charge in [-0.2, -0.15) is 0 Å². The smallest absolute Gasteiger partial charge is 0.292 e. The largest absolute Gasteiger partial charge is 0.480 e. The van der Waals surface area contributed by atoms with Gasteiger partial charge in [0.25, 0.3) is 11.6 Å². The highest BCUT2D eigenvalue weighted by molar-refractivity contribution is 5.83. The van der Waals surface area contributed by atoms with Crippen LogP contribution in [0.5, 0.6) is 5.75 Å². The summed E-state index contributed by atoms with van der Waals surface area (Å²) in [5.41, 5.74) is 1.76. The molecule has 1 atom stereocenters. The number of nitrogens with zero attached hydrogens (tertiary/aromatic N) is 3. The molecule has 1 amide bonds. The van der Waals surface area contributed by atoms with Gasteiger partial charge in [-0.15, -0.1) is 0 Å². The molecule has 2 heterocycles. The van der Waals surface area contributed by atoms with E-state index in [0.29, 0.717) is 38.3 Å². The van der Waals surface area contributed by atoms with Gasteiger partial charge in [-0.1, -0.05) is 30.3 Å². The lowest BCUT2D eigenvalue weighted by atomic mass is 10.1. The van der Waals surface area contributed by atoms with Crippen LogP contribution in [0, 0.1) is 10.1 Å². The Hall–Kier alpha value is -3.09. The second-order valence-electron chi connectivity index (χ2n) is 6.48. The summed E-state index contributed by atoms with van der Waals surface area (Å²) in [6.45, 7) is 2.19. The number of hydrogen-bond acceptors (Lipinski definition) is 5. The van der Waals surface area contributed by atoms with Crippen LogP contribution in [-0.4, -0.2) is 48.0 Å². The van der Waals surface area contributed by atoms with Crippen molar-refractivity contribution in [3.8, 4) is 5.75 Å². The van der Waals surface area contributed by atoms with Crippen LogP contribution in [0.3, 0.4) is 0 Å². The summed E-state index contributed by atoms with van der Waals surface area (Å²) >= 11 is 0. The van der Waals surface area contributed by atoms with Crippen molar-refractivity contribution in [2.24, 2.45) is 0 Å². The van der Waals surface area contributed by atoms with Crippen LogP contribution in [0.4, 0.5) is 11.4 Å². The molecule has 134 valence electrons. The number of anilines is 1. The topological polar surface area (TPSA) is 75.9 Å². The maximum atomic E-state index is 12.8. The van der Waals surface area contributed by atoms with E-state index in [9.17, 15) is 14.9 Å². The van der Waals surface area contributed by atoms with E-state index in [4.69, 9.17) is 4.74 Å². The molecule has 0 spiro atoms. The number of fused-ring (bicyclic) bond motifs is 1. The quantitative estimate of drug-likeness (QED) is 0.625. The fraction of sp³-hybridized carbons (Fsp3) is 0.316. The molecule has 0 N–H and O–H groups in total. The summed E-state index contributed by atoms with van der Waals surface area (Å²) in [6.07, 6.45) is 0.129. The molecule has 0 saturated carbocycles. The highest BCUT2D eigenvalue weighted by atomic mass is 16.6. The number of benzene rings is 2. The van der Waals surface area contributed by atoms with Gasteiger partial charge < -0.3 is 14.5 Å². The number of nitro groups is 1. The Kier molecular flexibility index (Phi) is 4.20. The Morgan fingerprint density at radius 3 is 2.46 bits per heavy atom. The molecule has 0 radical (unpaired) electrons. The van der Waals surface area contributed by atoms with Gasteiger partial charge in [-0.3, -0.25) is 14.9 Å². The molecule has 2 aliphatic rings. The van der Waals surface area contributed by atoms with Gasteiger partial charge in [0, 0.05) is 38.7 Å². The Morgan fingerprint density at radius 2 is 1.73 bits per heavy atom. The number of nitro benzene ring substituents is 1. The number of carbonyl (C=O) groups excluding carboxylic acids is 1. The van der Waals surface area contributed by atoms with Crippen LogP contribution in [0.15, 0.2) is 48.5 Å². The first-order valence-corrected chi connectivity index (χ1v) is 8.65. The second-order valence-corrected chi connectivity index (χ2v) is 6.48. The molecular formula is C19H19N3O4. The number of carbonyl (C=O) groups is 1. The van der Waals surface area contributed by atoms with Crippen molar-refractivity contribution in [3.63, 3.8) is 0 Å². The monoisotopic (exact) mass is 353 g/mol. The van der Waals surface area contributed by atoms with E-state index in [0.717, 1.165) is 11.3 Å². The third kappa shape index (κ3) is 2.96. The first-order valence-electron chi connectivity index (χ1n) is 8.65. The summed E-state index contributed by atoms with van der Waals surface area (Å²) < 4.78 is 5.79. The lowest BCUT2D eigenvalue weighted by Crippen LogP contribution is -2.52. The molecule has 1 unspecified atom stereocenters. The molecule has 7 nitrogen and oxygen atoms in total. The third-order valence-electron chi connectivity index (χ3n) is 4.93. The molecule has 2 aromatic rings. The predicted octanol–water partition coefficient (Wildman–Crippen LogP) is 2.25. The van der Waals surface area contributed by atoms with Gasteiger partial charge in [0.05, 0.1) is 4.92 Å². The van der Waals surface area contributed by atoms with Gasteiger partial charge in [-0.25, -0.2) is 0 Å². The van der Waals surface area contributed by atoms with E-state index in [1.165, 1.54) is 6.07 Å². The second kappa shape index (κ2) is 6.67. The van der Waals surface area contributed by atoms with E-state index >= 15 is 0 Å². The SMILES string of the molecule is O=C(C1Cc2ccccc2O1)N1CCN(c2ccccc2[N+](=O)[O-])CC1. The average molecular weight is 353 g/mol. The van der Waals surface area contributed by atoms with Crippen LogP contribution in [0.1, 0.15) is 5.56 Å². The van der Waals surface area contributed by atoms with Crippen molar-refractivity contribution in [1.82, 2.24) is 4.90 Å². The Labute approximate surface area is 150 Å². The molecule has 0 aliphatic carbocycles. The molecule has 0 bridgehead atoms. The van der Waals surface area contributed by atoms with Crippen LogP contribution >= 0.6 is 0 Å². The maximum absolute atomic E-state index is 12.8. The average Bonchev–Trinajstić information content (AvgIpc) is 3.12. The van der Waals surface area contributed by atoms with Crippen molar-refractivity contribution < 1.29 is 14.5 Å². The third-order valence-corrected chi connectivity index (χ3v) is 4.93. The van der Waals surface area contributed by atoms with Gasteiger partial charge in [0.1, 0.15) is 11.4 Å².